The van der Waals surface area contributed by atoms with Crippen LogP contribution >= 0.6 is 0 Å². The normalized spacial score (nSPS) is 12.2. The Morgan fingerprint density at radius 2 is 2.21 bits per heavy atom. The number of hydrogen-bond donors (Lipinski definition) is 1. The third kappa shape index (κ3) is 3.13. The number of hydrogen-bond acceptors (Lipinski definition) is 3. The molecule has 2 N–H and O–H groups in total. The van der Waals surface area contributed by atoms with Crippen LogP contribution in [0, 0.1) is 0 Å². The lowest BCUT2D eigenvalue weighted by Gasteiger charge is -2.04. The second-order valence-electron chi connectivity index (χ2n) is 4.83. The maximum atomic E-state index is 5.88. The Bertz CT molecular complexity index is 569. The quantitative estimate of drug-likeness (QED) is 0.859. The fraction of sp³-hybridized carbons (Fsp3) is 0.467. The zero-order valence-electron chi connectivity index (χ0n) is 11.8. The van der Waals surface area contributed by atoms with Crippen molar-refractivity contribution in [1.29, 1.82) is 0 Å². The molecule has 0 saturated heterocycles. The van der Waals surface area contributed by atoms with Crippen molar-refractivity contribution in [3.8, 4) is 0 Å². The van der Waals surface area contributed by atoms with E-state index in [1.807, 2.05) is 10.7 Å². The molecule has 0 aliphatic carbocycles. The highest BCUT2D eigenvalue weighted by Crippen LogP contribution is 2.25. The van der Waals surface area contributed by atoms with E-state index in [9.17, 15) is 0 Å². The smallest absolute Gasteiger partial charge is 0.151 e. The van der Waals surface area contributed by atoms with Crippen LogP contribution in [0.2, 0.25) is 0 Å². The first-order valence-corrected chi connectivity index (χ1v) is 7.04. The lowest BCUT2D eigenvalue weighted by Crippen LogP contribution is -1.96. The SMILES string of the molecule is CCC/C=C(\CCCC)c1cc2c(N)ncnn2c1. The lowest BCUT2D eigenvalue weighted by molar-refractivity contribution is 0.819. The topological polar surface area (TPSA) is 56.2 Å². The molecule has 0 amide bonds. The summed E-state index contributed by atoms with van der Waals surface area (Å²) in [6.45, 7) is 4.42. The fourth-order valence-electron chi connectivity index (χ4n) is 2.17. The Morgan fingerprint density at radius 3 is 2.89 bits per heavy atom. The molecule has 0 spiro atoms. The molecule has 4 nitrogen and oxygen atoms in total. The molecular formula is C15H22N4. The van der Waals surface area contributed by atoms with Gasteiger partial charge in [0.05, 0.1) is 0 Å². The Morgan fingerprint density at radius 1 is 1.37 bits per heavy atom. The van der Waals surface area contributed by atoms with Crippen molar-refractivity contribution in [1.82, 2.24) is 14.6 Å². The van der Waals surface area contributed by atoms with E-state index in [1.165, 1.54) is 36.7 Å². The van der Waals surface area contributed by atoms with Gasteiger partial charge in [-0.25, -0.2) is 9.50 Å². The average Bonchev–Trinajstić information content (AvgIpc) is 2.84. The van der Waals surface area contributed by atoms with Gasteiger partial charge >= 0.3 is 0 Å². The molecule has 0 aliphatic heterocycles. The number of rotatable bonds is 6. The number of nitrogens with two attached hydrogens (primary N) is 1. The summed E-state index contributed by atoms with van der Waals surface area (Å²) in [5.41, 5.74) is 9.38. The van der Waals surface area contributed by atoms with Gasteiger partial charge in [-0.05, 0) is 36.5 Å². The minimum Gasteiger partial charge on any atom is -0.382 e. The monoisotopic (exact) mass is 258 g/mol. The summed E-state index contributed by atoms with van der Waals surface area (Å²) in [5, 5.41) is 4.20. The molecule has 2 heterocycles. The summed E-state index contributed by atoms with van der Waals surface area (Å²) in [5.74, 6) is 0.534. The van der Waals surface area contributed by atoms with E-state index in [2.05, 4.69) is 36.1 Å². The van der Waals surface area contributed by atoms with Crippen molar-refractivity contribution in [3.63, 3.8) is 0 Å². The minimum absolute atomic E-state index is 0.534. The molecule has 0 fully saturated rings. The van der Waals surface area contributed by atoms with E-state index in [4.69, 9.17) is 5.73 Å². The van der Waals surface area contributed by atoms with Crippen LogP contribution in [0.4, 0.5) is 5.82 Å². The van der Waals surface area contributed by atoms with E-state index < -0.39 is 0 Å². The van der Waals surface area contributed by atoms with Crippen LogP contribution in [0.1, 0.15) is 51.5 Å². The van der Waals surface area contributed by atoms with Crippen LogP contribution in [0.3, 0.4) is 0 Å². The van der Waals surface area contributed by atoms with E-state index in [1.54, 1.807) is 0 Å². The maximum absolute atomic E-state index is 5.88. The molecule has 19 heavy (non-hydrogen) atoms. The van der Waals surface area contributed by atoms with Gasteiger partial charge in [0.2, 0.25) is 0 Å². The molecule has 2 aromatic rings. The molecule has 0 bridgehead atoms. The van der Waals surface area contributed by atoms with Crippen molar-refractivity contribution < 1.29 is 0 Å². The van der Waals surface area contributed by atoms with E-state index >= 15 is 0 Å². The van der Waals surface area contributed by atoms with Crippen LogP contribution in [-0.2, 0) is 0 Å². The summed E-state index contributed by atoms with van der Waals surface area (Å²) < 4.78 is 1.81. The number of fused-ring (bicyclic) bond motifs is 1. The van der Waals surface area contributed by atoms with Crippen LogP contribution in [0.15, 0.2) is 24.7 Å². The van der Waals surface area contributed by atoms with Gasteiger partial charge in [0.25, 0.3) is 0 Å². The number of allylic oxidation sites excluding steroid dienone is 2. The molecular weight excluding hydrogens is 236 g/mol. The largest absolute Gasteiger partial charge is 0.382 e. The van der Waals surface area contributed by atoms with Crippen molar-refractivity contribution in [2.45, 2.75) is 46.0 Å². The molecule has 0 saturated carbocycles. The van der Waals surface area contributed by atoms with E-state index in [0.717, 1.165) is 18.4 Å². The van der Waals surface area contributed by atoms with Crippen LogP contribution < -0.4 is 5.73 Å². The third-order valence-electron chi connectivity index (χ3n) is 3.29. The van der Waals surface area contributed by atoms with Gasteiger partial charge in [0.1, 0.15) is 11.8 Å². The maximum Gasteiger partial charge on any atom is 0.151 e. The Kier molecular flexibility index (Phi) is 4.55. The number of nitrogen functional groups attached to an aromatic ring is 1. The van der Waals surface area contributed by atoms with Crippen LogP contribution in [0.5, 0.6) is 0 Å². The van der Waals surface area contributed by atoms with Crippen LogP contribution in [-0.4, -0.2) is 14.6 Å². The van der Waals surface area contributed by atoms with Gasteiger partial charge in [-0.2, -0.15) is 5.10 Å². The second kappa shape index (κ2) is 6.36. The van der Waals surface area contributed by atoms with Gasteiger partial charge in [-0.15, -0.1) is 0 Å². The summed E-state index contributed by atoms with van der Waals surface area (Å²) in [6, 6.07) is 2.09. The zero-order valence-corrected chi connectivity index (χ0v) is 11.8. The number of nitrogens with zero attached hydrogens (tertiary/aromatic N) is 3. The van der Waals surface area contributed by atoms with E-state index in [0.29, 0.717) is 5.82 Å². The molecule has 0 radical (unpaired) electrons. The standard InChI is InChI=1S/C15H22N4/c1-3-5-7-12(8-6-4-2)13-9-14-15(16)17-11-18-19(14)10-13/h7,9-11H,3-6,8H2,1-2H3,(H2,16,17,18)/b12-7+. The highest BCUT2D eigenvalue weighted by Gasteiger charge is 2.08. The van der Waals surface area contributed by atoms with Crippen molar-refractivity contribution in [2.24, 2.45) is 0 Å². The summed E-state index contributed by atoms with van der Waals surface area (Å²) >= 11 is 0. The van der Waals surface area contributed by atoms with Crippen molar-refractivity contribution in [3.05, 3.63) is 30.2 Å². The number of aromatic nitrogens is 3. The highest BCUT2D eigenvalue weighted by atomic mass is 15.2. The zero-order chi connectivity index (χ0) is 13.7. The molecule has 102 valence electrons. The molecule has 2 rings (SSSR count). The Balaban J connectivity index is 2.35. The van der Waals surface area contributed by atoms with Gasteiger partial charge < -0.3 is 5.73 Å². The predicted octanol–water partition coefficient (Wildman–Crippen LogP) is 3.69. The van der Waals surface area contributed by atoms with Crippen molar-refractivity contribution >= 4 is 16.9 Å². The van der Waals surface area contributed by atoms with Gasteiger partial charge in [-0.3, -0.25) is 0 Å². The van der Waals surface area contributed by atoms with Crippen molar-refractivity contribution in [2.75, 3.05) is 5.73 Å². The molecule has 4 heteroatoms. The number of unbranched alkanes of at least 4 members (excludes halogenated alkanes) is 2. The minimum atomic E-state index is 0.534. The third-order valence-corrected chi connectivity index (χ3v) is 3.29. The first-order valence-electron chi connectivity index (χ1n) is 7.04. The summed E-state index contributed by atoms with van der Waals surface area (Å²) in [4.78, 5) is 4.03. The van der Waals surface area contributed by atoms with E-state index in [-0.39, 0.29) is 0 Å². The average molecular weight is 258 g/mol. The molecule has 0 aliphatic rings. The molecule has 0 aromatic carbocycles. The molecule has 0 unspecified atom stereocenters. The Hall–Kier alpha value is -1.84. The molecule has 2 aromatic heterocycles. The fourth-order valence-corrected chi connectivity index (χ4v) is 2.17. The first-order chi connectivity index (χ1) is 9.26. The Labute approximate surface area is 114 Å². The van der Waals surface area contributed by atoms with Crippen LogP contribution in [0.25, 0.3) is 11.1 Å². The predicted molar refractivity (Wildman–Crippen MR) is 79.8 cm³/mol. The van der Waals surface area contributed by atoms with Gasteiger partial charge in [0.15, 0.2) is 5.82 Å². The molecule has 0 atom stereocenters. The lowest BCUT2D eigenvalue weighted by atomic mass is 10.0. The number of anilines is 1. The summed E-state index contributed by atoms with van der Waals surface area (Å²) in [6.07, 6.45) is 11.7. The first kappa shape index (κ1) is 13.6. The second-order valence-corrected chi connectivity index (χ2v) is 4.83. The van der Waals surface area contributed by atoms with Gasteiger partial charge in [-0.1, -0.05) is 32.8 Å². The summed E-state index contributed by atoms with van der Waals surface area (Å²) in [7, 11) is 0. The van der Waals surface area contributed by atoms with Gasteiger partial charge in [0, 0.05) is 6.20 Å². The highest BCUT2D eigenvalue weighted by molar-refractivity contribution is 5.75.